The molecule has 8 heteroatoms. The Hall–Kier alpha value is -3.68. The first-order valence-electron chi connectivity index (χ1n) is 8.71. The molecule has 142 valence electrons. The lowest BCUT2D eigenvalue weighted by Gasteiger charge is -2.41. The topological polar surface area (TPSA) is 105 Å². The molecule has 0 aliphatic carbocycles. The number of methoxy groups -OCH3 is 1. The molecular weight excluding hydrogens is 362 g/mol. The molecule has 0 bridgehead atoms. The highest BCUT2D eigenvalue weighted by Gasteiger charge is 2.56. The summed E-state index contributed by atoms with van der Waals surface area (Å²) < 4.78 is 4.65. The average Bonchev–Trinajstić information content (AvgIpc) is 3.06. The molecule has 0 spiro atoms. The number of para-hydroxylation sites is 1. The van der Waals surface area contributed by atoms with Gasteiger partial charge in [-0.3, -0.25) is 19.3 Å². The fourth-order valence-electron chi connectivity index (χ4n) is 3.61. The summed E-state index contributed by atoms with van der Waals surface area (Å²) in [5, 5.41) is 5.45. The zero-order chi connectivity index (χ0) is 19.9. The van der Waals surface area contributed by atoms with E-state index in [2.05, 4.69) is 15.4 Å². The van der Waals surface area contributed by atoms with Gasteiger partial charge in [-0.25, -0.2) is 4.79 Å². The molecule has 2 aliphatic rings. The number of carbonyl (C=O) groups is 4. The predicted molar refractivity (Wildman–Crippen MR) is 99.8 cm³/mol. The van der Waals surface area contributed by atoms with Crippen LogP contribution in [-0.4, -0.2) is 36.5 Å². The van der Waals surface area contributed by atoms with E-state index in [0.29, 0.717) is 22.5 Å². The molecule has 0 aromatic heterocycles. The summed E-state index contributed by atoms with van der Waals surface area (Å²) in [5.74, 6) is -1.64. The van der Waals surface area contributed by atoms with E-state index in [4.69, 9.17) is 0 Å². The van der Waals surface area contributed by atoms with Crippen molar-refractivity contribution >= 4 is 35.1 Å². The molecular formula is C20H17N3O5. The quantitative estimate of drug-likeness (QED) is 0.790. The highest BCUT2D eigenvalue weighted by atomic mass is 16.5. The van der Waals surface area contributed by atoms with Crippen molar-refractivity contribution in [2.45, 2.75) is 18.5 Å². The van der Waals surface area contributed by atoms with Crippen LogP contribution in [0, 0.1) is 0 Å². The second-order valence-corrected chi connectivity index (χ2v) is 6.58. The summed E-state index contributed by atoms with van der Waals surface area (Å²) in [6, 6.07) is 12.8. The number of nitrogens with one attached hydrogen (secondary N) is 2. The maximum Gasteiger partial charge on any atom is 0.337 e. The second kappa shape index (κ2) is 6.49. The van der Waals surface area contributed by atoms with Gasteiger partial charge in [-0.05, 0) is 36.4 Å². The summed E-state index contributed by atoms with van der Waals surface area (Å²) in [4.78, 5) is 51.1. The Balaban J connectivity index is 1.66. The Labute approximate surface area is 160 Å². The van der Waals surface area contributed by atoms with Gasteiger partial charge in [-0.2, -0.15) is 0 Å². The van der Waals surface area contributed by atoms with Crippen molar-refractivity contribution in [3.05, 3.63) is 59.7 Å². The first-order valence-corrected chi connectivity index (χ1v) is 8.71. The Morgan fingerprint density at radius 2 is 1.82 bits per heavy atom. The lowest BCUT2D eigenvalue weighted by Crippen LogP contribution is -2.68. The highest BCUT2D eigenvalue weighted by Crippen LogP contribution is 2.39. The molecule has 4 rings (SSSR count). The van der Waals surface area contributed by atoms with Crippen LogP contribution in [0.15, 0.2) is 48.5 Å². The van der Waals surface area contributed by atoms with Crippen molar-refractivity contribution in [3.8, 4) is 0 Å². The lowest BCUT2D eigenvalue weighted by molar-refractivity contribution is -0.124. The van der Waals surface area contributed by atoms with Crippen LogP contribution in [0.1, 0.15) is 33.6 Å². The molecule has 1 saturated heterocycles. The maximum atomic E-state index is 13.1. The molecule has 1 atom stereocenters. The third-order valence-corrected chi connectivity index (χ3v) is 4.98. The van der Waals surface area contributed by atoms with Crippen LogP contribution in [0.5, 0.6) is 0 Å². The summed E-state index contributed by atoms with van der Waals surface area (Å²) in [6.07, 6.45) is 0.307. The zero-order valence-electron chi connectivity index (χ0n) is 15.0. The summed E-state index contributed by atoms with van der Waals surface area (Å²) in [5.41, 5.74) is 0.0630. The van der Waals surface area contributed by atoms with E-state index in [0.717, 1.165) is 0 Å². The fraction of sp³-hybridized carbons (Fsp3) is 0.200. The minimum atomic E-state index is -1.48. The molecule has 0 unspecified atom stereocenters. The number of hydrogen-bond acceptors (Lipinski definition) is 5. The van der Waals surface area contributed by atoms with Crippen LogP contribution in [0.4, 0.5) is 11.4 Å². The van der Waals surface area contributed by atoms with Gasteiger partial charge in [0.15, 0.2) is 0 Å². The van der Waals surface area contributed by atoms with Crippen LogP contribution >= 0.6 is 0 Å². The van der Waals surface area contributed by atoms with Crippen LogP contribution in [0.2, 0.25) is 0 Å². The van der Waals surface area contributed by atoms with Crippen LogP contribution < -0.4 is 15.5 Å². The summed E-state index contributed by atoms with van der Waals surface area (Å²) in [7, 11) is 1.28. The zero-order valence-corrected chi connectivity index (χ0v) is 15.0. The van der Waals surface area contributed by atoms with E-state index in [1.807, 2.05) is 0 Å². The highest BCUT2D eigenvalue weighted by molar-refractivity contribution is 6.18. The Morgan fingerprint density at radius 1 is 1.11 bits per heavy atom. The van der Waals surface area contributed by atoms with E-state index >= 15 is 0 Å². The number of nitrogens with zero attached hydrogens (tertiary/aromatic N) is 1. The average molecular weight is 379 g/mol. The van der Waals surface area contributed by atoms with Gasteiger partial charge in [0, 0.05) is 18.5 Å². The van der Waals surface area contributed by atoms with E-state index in [1.165, 1.54) is 24.1 Å². The van der Waals surface area contributed by atoms with E-state index in [-0.39, 0.29) is 18.7 Å². The van der Waals surface area contributed by atoms with Gasteiger partial charge in [-0.15, -0.1) is 0 Å². The summed E-state index contributed by atoms with van der Waals surface area (Å²) >= 11 is 0. The van der Waals surface area contributed by atoms with E-state index < -0.39 is 23.4 Å². The number of benzene rings is 2. The van der Waals surface area contributed by atoms with Crippen LogP contribution in [0.3, 0.4) is 0 Å². The van der Waals surface area contributed by atoms with Gasteiger partial charge in [0.2, 0.25) is 11.6 Å². The van der Waals surface area contributed by atoms with E-state index in [9.17, 15) is 19.2 Å². The van der Waals surface area contributed by atoms with Crippen molar-refractivity contribution in [2.24, 2.45) is 0 Å². The van der Waals surface area contributed by atoms with Gasteiger partial charge < -0.3 is 15.4 Å². The number of esters is 1. The molecule has 1 fully saturated rings. The minimum Gasteiger partial charge on any atom is -0.465 e. The first-order chi connectivity index (χ1) is 13.5. The van der Waals surface area contributed by atoms with Gasteiger partial charge >= 0.3 is 5.97 Å². The number of fused-ring (bicyclic) bond motifs is 3. The van der Waals surface area contributed by atoms with Gasteiger partial charge in [0.05, 0.1) is 23.9 Å². The monoisotopic (exact) mass is 379 g/mol. The van der Waals surface area contributed by atoms with Crippen molar-refractivity contribution < 1.29 is 23.9 Å². The molecule has 2 aromatic carbocycles. The smallest absolute Gasteiger partial charge is 0.337 e. The Kier molecular flexibility index (Phi) is 4.11. The molecule has 28 heavy (non-hydrogen) atoms. The molecule has 0 saturated carbocycles. The van der Waals surface area contributed by atoms with Crippen molar-refractivity contribution in [1.29, 1.82) is 0 Å². The summed E-state index contributed by atoms with van der Waals surface area (Å²) in [6.45, 7) is 0. The fourth-order valence-corrected chi connectivity index (χ4v) is 3.61. The molecule has 3 amide bonds. The molecule has 2 N–H and O–H groups in total. The van der Waals surface area contributed by atoms with Crippen LogP contribution in [0.25, 0.3) is 0 Å². The number of carbonyl (C=O) groups excluding carboxylic acids is 4. The molecule has 2 aromatic rings. The van der Waals surface area contributed by atoms with Gasteiger partial charge in [0.1, 0.15) is 0 Å². The standard InChI is InChI=1S/C20H17N3O5/c1-28-18(26)12-6-8-13(9-7-12)21-19(27)20-11-10-16(24)23(20)15-5-3-2-4-14(15)17(25)22-20/h2-9H,10-11H2,1H3,(H,21,27)(H,22,25)/t20-/m0/s1. The Morgan fingerprint density at radius 3 is 2.54 bits per heavy atom. The first kappa shape index (κ1) is 17.7. The van der Waals surface area contributed by atoms with Gasteiger partial charge in [0.25, 0.3) is 11.8 Å². The molecule has 2 heterocycles. The number of anilines is 2. The van der Waals surface area contributed by atoms with Crippen molar-refractivity contribution in [2.75, 3.05) is 17.3 Å². The van der Waals surface area contributed by atoms with E-state index in [1.54, 1.807) is 36.4 Å². The minimum absolute atomic E-state index is 0.142. The van der Waals surface area contributed by atoms with Gasteiger partial charge in [-0.1, -0.05) is 12.1 Å². The number of amides is 3. The maximum absolute atomic E-state index is 13.1. The molecule has 2 aliphatic heterocycles. The predicted octanol–water partition coefficient (Wildman–Crippen LogP) is 1.68. The Bertz CT molecular complexity index is 1000. The number of rotatable bonds is 3. The third kappa shape index (κ3) is 2.61. The molecule has 0 radical (unpaired) electrons. The number of ether oxygens (including phenoxy) is 1. The van der Waals surface area contributed by atoms with Crippen molar-refractivity contribution in [1.82, 2.24) is 5.32 Å². The van der Waals surface area contributed by atoms with Crippen LogP contribution in [-0.2, 0) is 14.3 Å². The number of hydrogen-bond donors (Lipinski definition) is 2. The normalized spacial score (nSPS) is 20.1. The largest absolute Gasteiger partial charge is 0.465 e. The lowest BCUT2D eigenvalue weighted by atomic mass is 9.98. The molecule has 8 nitrogen and oxygen atoms in total. The second-order valence-electron chi connectivity index (χ2n) is 6.58. The third-order valence-electron chi connectivity index (χ3n) is 4.98. The SMILES string of the molecule is COC(=O)c1ccc(NC(=O)[C@]23CCC(=O)N2c2ccccc2C(=O)N3)cc1. The van der Waals surface area contributed by atoms with Crippen molar-refractivity contribution in [3.63, 3.8) is 0 Å².